The number of nitrogens with one attached hydrogen (secondary N) is 1. The maximum absolute atomic E-state index is 11.5. The highest BCUT2D eigenvalue weighted by Gasteiger charge is 2.08. The fraction of sp³-hybridized carbons (Fsp3) is 0.667. The number of carbonyl (C=O) groups is 3. The van der Waals surface area contributed by atoms with Crippen LogP contribution in [0.25, 0.3) is 0 Å². The van der Waals surface area contributed by atoms with Gasteiger partial charge in [0.1, 0.15) is 0 Å². The van der Waals surface area contributed by atoms with Gasteiger partial charge in [-0.1, -0.05) is 24.8 Å². The first kappa shape index (κ1) is 19.7. The molecule has 0 atom stereocenters. The third-order valence-corrected chi connectivity index (χ3v) is 3.96. The van der Waals surface area contributed by atoms with Crippen LogP contribution in [0.3, 0.4) is 0 Å². The van der Waals surface area contributed by atoms with Gasteiger partial charge in [-0.2, -0.15) is 0 Å². The number of nitrogens with zero attached hydrogens (tertiary/aromatic N) is 1. The molecule has 1 N–H and O–H groups in total. The minimum atomic E-state index is -0.0855. The molecule has 6 heteroatoms. The lowest BCUT2D eigenvalue weighted by atomic mass is 10.2. The summed E-state index contributed by atoms with van der Waals surface area (Å²) in [6, 6.07) is 0. The van der Waals surface area contributed by atoms with Crippen molar-refractivity contribution in [2.24, 2.45) is 0 Å². The summed E-state index contributed by atoms with van der Waals surface area (Å²) < 4.78 is 0. The van der Waals surface area contributed by atoms with Gasteiger partial charge in [-0.05, 0) is 25.3 Å². The minimum Gasteiger partial charge on any atom is -0.355 e. The van der Waals surface area contributed by atoms with E-state index in [1.165, 1.54) is 25.6 Å². The van der Waals surface area contributed by atoms with Crippen molar-refractivity contribution < 1.29 is 14.4 Å². The van der Waals surface area contributed by atoms with Crippen molar-refractivity contribution in [1.29, 1.82) is 0 Å². The molecule has 0 unspecified atom stereocenters. The molecule has 0 aliphatic heterocycles. The summed E-state index contributed by atoms with van der Waals surface area (Å²) in [7, 11) is 0. The second-order valence-electron chi connectivity index (χ2n) is 4.97. The molecule has 0 aromatic carbocycles. The monoisotopic (exact) mass is 314 g/mol. The highest BCUT2D eigenvalue weighted by atomic mass is 32.2. The van der Waals surface area contributed by atoms with Gasteiger partial charge >= 0.3 is 0 Å². The summed E-state index contributed by atoms with van der Waals surface area (Å²) >= 11 is 1.30. The summed E-state index contributed by atoms with van der Waals surface area (Å²) in [5.74, 6) is 0.724. The lowest BCUT2D eigenvalue weighted by molar-refractivity contribution is -0.129. The Morgan fingerprint density at radius 2 is 1.71 bits per heavy atom. The molecule has 0 saturated carbocycles. The van der Waals surface area contributed by atoms with Crippen molar-refractivity contribution in [1.82, 2.24) is 10.2 Å². The van der Waals surface area contributed by atoms with Gasteiger partial charge in [0.05, 0.1) is 0 Å². The Bertz CT molecular complexity index is 383. The molecule has 0 bridgehead atoms. The average molecular weight is 314 g/mol. The van der Waals surface area contributed by atoms with E-state index in [9.17, 15) is 14.4 Å². The minimum absolute atomic E-state index is 0.0205. The van der Waals surface area contributed by atoms with Gasteiger partial charge in [0.2, 0.25) is 16.9 Å². The predicted octanol–water partition coefficient (Wildman–Crippen LogP) is 1.98. The van der Waals surface area contributed by atoms with Crippen LogP contribution >= 0.6 is 11.8 Å². The molecule has 2 amide bonds. The molecule has 0 fully saturated rings. The summed E-state index contributed by atoms with van der Waals surface area (Å²) in [4.78, 5) is 35.3. The van der Waals surface area contributed by atoms with Crippen molar-refractivity contribution in [3.05, 3.63) is 12.2 Å². The van der Waals surface area contributed by atoms with Gasteiger partial charge in [0, 0.05) is 39.2 Å². The molecule has 5 nitrogen and oxygen atoms in total. The first-order valence-corrected chi connectivity index (χ1v) is 8.15. The number of rotatable bonds is 10. The van der Waals surface area contributed by atoms with E-state index in [-0.39, 0.29) is 16.9 Å². The largest absolute Gasteiger partial charge is 0.355 e. The smallest absolute Gasteiger partial charge is 0.219 e. The first-order valence-electron chi connectivity index (χ1n) is 7.17. The van der Waals surface area contributed by atoms with E-state index in [0.717, 1.165) is 25.0 Å². The summed E-state index contributed by atoms with van der Waals surface area (Å²) in [5, 5.41) is 2.73. The van der Waals surface area contributed by atoms with E-state index >= 15 is 0 Å². The van der Waals surface area contributed by atoms with Gasteiger partial charge in [0.15, 0.2) is 0 Å². The first-order chi connectivity index (χ1) is 9.84. The Balaban J connectivity index is 3.74. The Hall–Kier alpha value is -1.30. The second-order valence-corrected chi connectivity index (χ2v) is 6.03. The maximum atomic E-state index is 11.5. The molecule has 21 heavy (non-hydrogen) atoms. The molecule has 0 aliphatic rings. The number of hydrogen-bond acceptors (Lipinski definition) is 4. The van der Waals surface area contributed by atoms with E-state index in [0.29, 0.717) is 25.2 Å². The van der Waals surface area contributed by atoms with E-state index in [1.807, 2.05) is 0 Å². The number of amides is 2. The Labute approximate surface area is 131 Å². The summed E-state index contributed by atoms with van der Waals surface area (Å²) in [6.07, 6.45) is 2.82. The molecule has 0 rings (SSSR count). The Morgan fingerprint density at radius 3 is 2.24 bits per heavy atom. The summed E-state index contributed by atoms with van der Waals surface area (Å²) in [5.41, 5.74) is 0.584. The van der Waals surface area contributed by atoms with Crippen molar-refractivity contribution in [3.63, 3.8) is 0 Å². The molecule has 0 radical (unpaired) electrons. The van der Waals surface area contributed by atoms with E-state index in [4.69, 9.17) is 0 Å². The molecular formula is C15H26N2O3S. The SMILES string of the molecule is C=C(C)C(=O)SCCCCCN(CCNC(C)=O)C(C)=O. The molecule has 0 aliphatic carbocycles. The average Bonchev–Trinajstić information content (AvgIpc) is 2.39. The fourth-order valence-corrected chi connectivity index (χ4v) is 2.44. The quantitative estimate of drug-likeness (QED) is 0.494. The second kappa shape index (κ2) is 11.4. The van der Waals surface area contributed by atoms with Crippen molar-refractivity contribution in [3.8, 4) is 0 Å². The van der Waals surface area contributed by atoms with Crippen molar-refractivity contribution in [2.45, 2.75) is 40.0 Å². The van der Waals surface area contributed by atoms with Gasteiger partial charge in [-0.15, -0.1) is 0 Å². The van der Waals surface area contributed by atoms with E-state index in [1.54, 1.807) is 11.8 Å². The van der Waals surface area contributed by atoms with Crippen LogP contribution in [0, 0.1) is 0 Å². The lowest BCUT2D eigenvalue weighted by Gasteiger charge is -2.21. The van der Waals surface area contributed by atoms with Crippen LogP contribution in [0.15, 0.2) is 12.2 Å². The van der Waals surface area contributed by atoms with E-state index < -0.39 is 0 Å². The van der Waals surface area contributed by atoms with Crippen LogP contribution < -0.4 is 5.32 Å². The topological polar surface area (TPSA) is 66.5 Å². The highest BCUT2D eigenvalue weighted by molar-refractivity contribution is 8.14. The maximum Gasteiger partial charge on any atom is 0.219 e. The van der Waals surface area contributed by atoms with Crippen LogP contribution in [-0.4, -0.2) is 47.2 Å². The Morgan fingerprint density at radius 1 is 1.05 bits per heavy atom. The number of thioether (sulfide) groups is 1. The molecule has 0 spiro atoms. The Kier molecular flexibility index (Phi) is 10.7. The third-order valence-electron chi connectivity index (χ3n) is 2.85. The number of unbranched alkanes of at least 4 members (excludes halogenated alkanes) is 2. The predicted molar refractivity (Wildman–Crippen MR) is 87.1 cm³/mol. The standard InChI is InChI=1S/C15H26N2O3S/c1-12(2)15(20)21-11-7-5-6-9-17(14(4)19)10-8-16-13(3)18/h1,5-11H2,2-4H3,(H,16,18). The molecule has 0 aromatic rings. The van der Waals surface area contributed by atoms with Crippen LogP contribution in [0.2, 0.25) is 0 Å². The zero-order valence-corrected chi connectivity index (χ0v) is 14.1. The molecule has 0 heterocycles. The van der Waals surface area contributed by atoms with Crippen LogP contribution in [0.1, 0.15) is 40.0 Å². The number of carbonyl (C=O) groups excluding carboxylic acids is 3. The summed E-state index contributed by atoms with van der Waals surface area (Å²) in [6.45, 7) is 10.0. The fourth-order valence-electron chi connectivity index (χ4n) is 1.66. The van der Waals surface area contributed by atoms with Crippen LogP contribution in [0.4, 0.5) is 0 Å². The third kappa shape index (κ3) is 11.1. The zero-order chi connectivity index (χ0) is 16.3. The highest BCUT2D eigenvalue weighted by Crippen LogP contribution is 2.12. The molecule has 0 saturated heterocycles. The lowest BCUT2D eigenvalue weighted by Crippen LogP contribution is -2.37. The molecule has 120 valence electrons. The van der Waals surface area contributed by atoms with Gasteiger partial charge in [-0.25, -0.2) is 0 Å². The van der Waals surface area contributed by atoms with E-state index in [2.05, 4.69) is 11.9 Å². The van der Waals surface area contributed by atoms with Crippen LogP contribution in [-0.2, 0) is 14.4 Å². The molecule has 0 aromatic heterocycles. The van der Waals surface area contributed by atoms with Gasteiger partial charge in [0.25, 0.3) is 0 Å². The van der Waals surface area contributed by atoms with Crippen LogP contribution in [0.5, 0.6) is 0 Å². The normalized spacial score (nSPS) is 10.0. The molecular weight excluding hydrogens is 288 g/mol. The zero-order valence-electron chi connectivity index (χ0n) is 13.2. The van der Waals surface area contributed by atoms with Crippen molar-refractivity contribution in [2.75, 3.05) is 25.4 Å². The van der Waals surface area contributed by atoms with Gasteiger partial charge < -0.3 is 10.2 Å². The van der Waals surface area contributed by atoms with Gasteiger partial charge in [-0.3, -0.25) is 14.4 Å². The number of hydrogen-bond donors (Lipinski definition) is 1. The van der Waals surface area contributed by atoms with Crippen molar-refractivity contribution >= 4 is 28.7 Å².